The Morgan fingerprint density at radius 2 is 1.59 bits per heavy atom. The van der Waals surface area contributed by atoms with Gasteiger partial charge in [0.15, 0.2) is 11.0 Å². The summed E-state index contributed by atoms with van der Waals surface area (Å²) in [6.45, 7) is 0.590. The van der Waals surface area contributed by atoms with Gasteiger partial charge in [0.25, 0.3) is 5.56 Å². The smallest absolute Gasteiger partial charge is 0.278 e. The van der Waals surface area contributed by atoms with Gasteiger partial charge in [-0.25, -0.2) is 0 Å². The Morgan fingerprint density at radius 1 is 0.844 bits per heavy atom. The van der Waals surface area contributed by atoms with Crippen LogP contribution in [0.25, 0.3) is 22.3 Å². The van der Waals surface area contributed by atoms with E-state index in [1.165, 1.54) is 16.4 Å². The fourth-order valence-electron chi connectivity index (χ4n) is 3.34. The molecule has 2 aromatic heterocycles. The number of benzene rings is 3. The molecule has 0 fully saturated rings. The third kappa shape index (κ3) is 4.15. The summed E-state index contributed by atoms with van der Waals surface area (Å²) in [5, 5.41) is 18.9. The van der Waals surface area contributed by atoms with Gasteiger partial charge in [0.05, 0.1) is 17.8 Å². The van der Waals surface area contributed by atoms with Crippen molar-refractivity contribution in [1.29, 1.82) is 0 Å². The molecule has 0 bridgehead atoms. The first-order valence-electron chi connectivity index (χ1n) is 9.87. The second kappa shape index (κ2) is 8.94. The van der Waals surface area contributed by atoms with E-state index in [2.05, 4.69) is 32.6 Å². The molecular weight excluding hydrogens is 444 g/mol. The molecule has 7 nitrogen and oxygen atoms in total. The van der Waals surface area contributed by atoms with Crippen molar-refractivity contribution in [3.63, 3.8) is 0 Å². The maximum Gasteiger partial charge on any atom is 0.278 e. The Labute approximate surface area is 192 Å². The number of rotatable bonds is 6. The molecule has 0 unspecified atom stereocenters. The van der Waals surface area contributed by atoms with Gasteiger partial charge in [-0.05, 0) is 42.0 Å². The monoisotopic (exact) mass is 460 g/mol. The number of nitrogens with zero attached hydrogens (tertiary/aromatic N) is 6. The summed E-state index contributed by atoms with van der Waals surface area (Å²) in [6.07, 6.45) is 0. The minimum absolute atomic E-state index is 0.185. The summed E-state index contributed by atoms with van der Waals surface area (Å²) in [4.78, 5) is 12.8. The van der Waals surface area contributed by atoms with E-state index in [9.17, 15) is 4.79 Å². The minimum Gasteiger partial charge on any atom is -0.297 e. The summed E-state index contributed by atoms with van der Waals surface area (Å²) in [7, 11) is 0. The highest BCUT2D eigenvalue weighted by Crippen LogP contribution is 2.26. The molecule has 2 heterocycles. The van der Waals surface area contributed by atoms with Gasteiger partial charge in [0, 0.05) is 10.6 Å². The van der Waals surface area contributed by atoms with Crippen molar-refractivity contribution in [2.45, 2.75) is 17.6 Å². The average molecular weight is 461 g/mol. The summed E-state index contributed by atoms with van der Waals surface area (Å²) in [5.41, 5.74) is 2.42. The maximum atomic E-state index is 12.8. The van der Waals surface area contributed by atoms with Gasteiger partial charge in [-0.1, -0.05) is 71.0 Å². The molecule has 5 rings (SSSR count). The molecule has 0 spiro atoms. The number of halogens is 1. The van der Waals surface area contributed by atoms with E-state index in [4.69, 9.17) is 11.6 Å². The quantitative estimate of drug-likeness (QED) is 0.347. The van der Waals surface area contributed by atoms with Gasteiger partial charge < -0.3 is 0 Å². The van der Waals surface area contributed by atoms with Crippen LogP contribution < -0.4 is 5.56 Å². The first-order chi connectivity index (χ1) is 15.7. The summed E-state index contributed by atoms with van der Waals surface area (Å²) < 4.78 is 3.37. The zero-order chi connectivity index (χ0) is 21.9. The van der Waals surface area contributed by atoms with Crippen molar-refractivity contribution in [2.24, 2.45) is 0 Å². The van der Waals surface area contributed by atoms with E-state index in [-0.39, 0.29) is 11.4 Å². The predicted molar refractivity (Wildman–Crippen MR) is 126 cm³/mol. The van der Waals surface area contributed by atoms with Crippen LogP contribution in [-0.4, -0.2) is 29.8 Å². The van der Waals surface area contributed by atoms with Crippen LogP contribution in [-0.2, 0) is 12.4 Å². The van der Waals surface area contributed by atoms with E-state index in [1.54, 1.807) is 12.1 Å². The molecule has 158 valence electrons. The SMILES string of the molecule is O=c1c2ccccc2nnn1CSc1nnc(-c2ccc(Cl)cc2)n1Cc1ccccc1. The highest BCUT2D eigenvalue weighted by atomic mass is 35.5. The highest BCUT2D eigenvalue weighted by Gasteiger charge is 2.16. The zero-order valence-corrected chi connectivity index (χ0v) is 18.4. The lowest BCUT2D eigenvalue weighted by atomic mass is 10.2. The topological polar surface area (TPSA) is 78.5 Å². The molecule has 0 amide bonds. The second-order valence-electron chi connectivity index (χ2n) is 7.07. The van der Waals surface area contributed by atoms with Crippen LogP contribution in [0.3, 0.4) is 0 Å². The average Bonchev–Trinajstić information content (AvgIpc) is 3.22. The summed E-state index contributed by atoms with van der Waals surface area (Å²) in [5.74, 6) is 0.995. The number of thioether (sulfide) groups is 1. The molecular formula is C23H17ClN6OS. The van der Waals surface area contributed by atoms with Gasteiger partial charge in [0.1, 0.15) is 5.52 Å². The standard InChI is InChI=1S/C23H17ClN6OS/c24-18-12-10-17(11-13-18)21-26-27-23(29(21)14-16-6-2-1-3-7-16)32-15-30-22(31)19-8-4-5-9-20(19)25-28-30/h1-13H,14-15H2. The van der Waals surface area contributed by atoms with Crippen molar-refractivity contribution in [3.8, 4) is 11.4 Å². The summed E-state index contributed by atoms with van der Waals surface area (Å²) in [6, 6.07) is 24.8. The summed E-state index contributed by atoms with van der Waals surface area (Å²) >= 11 is 7.44. The molecule has 0 saturated carbocycles. The van der Waals surface area contributed by atoms with Crippen LogP contribution in [0.15, 0.2) is 88.8 Å². The van der Waals surface area contributed by atoms with Crippen molar-refractivity contribution >= 4 is 34.3 Å². The largest absolute Gasteiger partial charge is 0.297 e. The van der Waals surface area contributed by atoms with Crippen molar-refractivity contribution in [3.05, 3.63) is 99.8 Å². The van der Waals surface area contributed by atoms with Crippen LogP contribution in [0, 0.1) is 0 Å². The minimum atomic E-state index is -0.185. The molecule has 3 aromatic carbocycles. The Hall–Kier alpha value is -3.49. The molecule has 0 aliphatic heterocycles. The third-order valence-electron chi connectivity index (χ3n) is 4.95. The Kier molecular flexibility index (Phi) is 5.70. The van der Waals surface area contributed by atoms with E-state index < -0.39 is 0 Å². The third-order valence-corrected chi connectivity index (χ3v) is 6.13. The number of hydrogen-bond acceptors (Lipinski definition) is 6. The lowest BCUT2D eigenvalue weighted by Gasteiger charge is -2.11. The number of aromatic nitrogens is 6. The highest BCUT2D eigenvalue weighted by molar-refractivity contribution is 7.98. The van der Waals surface area contributed by atoms with Crippen LogP contribution in [0.1, 0.15) is 5.56 Å². The van der Waals surface area contributed by atoms with Gasteiger partial charge in [-0.15, -0.1) is 15.3 Å². The number of hydrogen-bond donors (Lipinski definition) is 0. The predicted octanol–water partition coefficient (Wildman–Crippen LogP) is 4.50. The lowest BCUT2D eigenvalue weighted by molar-refractivity contribution is 0.639. The first kappa shape index (κ1) is 20.4. The molecule has 5 aromatic rings. The van der Waals surface area contributed by atoms with E-state index in [0.29, 0.717) is 27.6 Å². The normalized spacial score (nSPS) is 11.2. The van der Waals surface area contributed by atoms with Gasteiger partial charge in [-0.2, -0.15) is 4.68 Å². The van der Waals surface area contributed by atoms with Crippen LogP contribution in [0.5, 0.6) is 0 Å². The van der Waals surface area contributed by atoms with E-state index >= 15 is 0 Å². The fourth-order valence-corrected chi connectivity index (χ4v) is 4.28. The maximum absolute atomic E-state index is 12.8. The first-order valence-corrected chi connectivity index (χ1v) is 11.2. The van der Waals surface area contributed by atoms with Crippen LogP contribution in [0.4, 0.5) is 0 Å². The fraction of sp³-hybridized carbons (Fsp3) is 0.0870. The van der Waals surface area contributed by atoms with Gasteiger partial charge in [0.2, 0.25) is 0 Å². The van der Waals surface area contributed by atoms with Crippen LogP contribution >= 0.6 is 23.4 Å². The molecule has 0 atom stereocenters. The van der Waals surface area contributed by atoms with Crippen molar-refractivity contribution in [2.75, 3.05) is 0 Å². The Morgan fingerprint density at radius 3 is 2.41 bits per heavy atom. The van der Waals surface area contributed by atoms with Gasteiger partial charge >= 0.3 is 0 Å². The van der Waals surface area contributed by atoms with Crippen molar-refractivity contribution < 1.29 is 0 Å². The molecule has 0 N–H and O–H groups in total. The Bertz CT molecular complexity index is 1430. The van der Waals surface area contributed by atoms with Crippen molar-refractivity contribution in [1.82, 2.24) is 29.8 Å². The molecule has 0 aliphatic rings. The number of fused-ring (bicyclic) bond motifs is 1. The van der Waals surface area contributed by atoms with Gasteiger partial charge in [-0.3, -0.25) is 9.36 Å². The molecule has 32 heavy (non-hydrogen) atoms. The molecule has 9 heteroatoms. The van der Waals surface area contributed by atoms with E-state index in [1.807, 2.05) is 59.2 Å². The molecule has 0 aliphatic carbocycles. The molecule has 0 saturated heterocycles. The Balaban J connectivity index is 1.49. The zero-order valence-electron chi connectivity index (χ0n) is 16.8. The van der Waals surface area contributed by atoms with Crippen LogP contribution in [0.2, 0.25) is 5.02 Å². The lowest BCUT2D eigenvalue weighted by Crippen LogP contribution is -2.23. The molecule has 0 radical (unpaired) electrons. The van der Waals surface area contributed by atoms with E-state index in [0.717, 1.165) is 17.0 Å². The second-order valence-corrected chi connectivity index (χ2v) is 8.42.